The summed E-state index contributed by atoms with van der Waals surface area (Å²) < 4.78 is 0. The monoisotopic (exact) mass is 661 g/mol. The maximum atomic E-state index is 13.2. The first-order valence-corrected chi connectivity index (χ1v) is 16.8. The minimum atomic E-state index is -0.667. The third-order valence-electron chi connectivity index (χ3n) is 10.1. The summed E-state index contributed by atoms with van der Waals surface area (Å²) in [5, 5.41) is 29.3. The van der Waals surface area contributed by atoms with E-state index in [1.807, 2.05) is 24.3 Å². The molecule has 2 amide bonds. The number of carbonyl (C=O) groups excluding carboxylic acids is 3. The van der Waals surface area contributed by atoms with Gasteiger partial charge in [-0.3, -0.25) is 19.9 Å². The standard InChI is InChI=1S/C38H43N7O4/c1-42-37(48)34(6-4-18-46)45-21-27-19-28(12-13-30(27)38(45)49)44-22-29(23-44)43-16-14-25(15-17-43)24-8-10-26(11-9-24)32(36(40)41)20-33(39)31-5-2-3-7-35(31)47/h2-3,5,7-13,18-20,25,29,34,39,47H,4,6,14-17,21-23H2,1H3,(H3,40,41)(H,42,48)/b32-20-,39-33?. The normalized spacial score (nSPS) is 17.7. The van der Waals surface area contributed by atoms with Crippen LogP contribution >= 0.6 is 0 Å². The van der Waals surface area contributed by atoms with E-state index in [2.05, 4.69) is 33.3 Å². The Labute approximate surface area is 286 Å². The summed E-state index contributed by atoms with van der Waals surface area (Å²) in [5.41, 5.74) is 11.5. The number of phenolic OH excluding ortho intramolecular Hbond substituents is 1. The molecule has 2 fully saturated rings. The third kappa shape index (κ3) is 6.98. The van der Waals surface area contributed by atoms with E-state index < -0.39 is 6.04 Å². The number of nitrogens with zero attached hydrogens (tertiary/aromatic N) is 3. The molecule has 0 saturated carbocycles. The van der Waals surface area contributed by atoms with E-state index in [4.69, 9.17) is 16.6 Å². The van der Waals surface area contributed by atoms with Crippen molar-refractivity contribution >= 4 is 40.9 Å². The number of nitrogens with two attached hydrogens (primary N) is 1. The van der Waals surface area contributed by atoms with E-state index in [1.165, 1.54) is 17.7 Å². The number of carbonyl (C=O) groups is 3. The van der Waals surface area contributed by atoms with E-state index in [9.17, 15) is 19.5 Å². The van der Waals surface area contributed by atoms with Gasteiger partial charge in [-0.1, -0.05) is 36.4 Å². The van der Waals surface area contributed by atoms with Gasteiger partial charge in [-0.25, -0.2) is 0 Å². The van der Waals surface area contributed by atoms with E-state index in [-0.39, 0.29) is 35.5 Å². The van der Waals surface area contributed by atoms with Crippen LogP contribution < -0.4 is 16.0 Å². The lowest BCUT2D eigenvalue weighted by atomic mass is 9.87. The number of fused-ring (bicyclic) bond motifs is 1. The predicted molar refractivity (Wildman–Crippen MR) is 190 cm³/mol. The number of amides is 2. The number of rotatable bonds is 12. The van der Waals surface area contributed by atoms with Crippen LogP contribution in [0, 0.1) is 10.8 Å². The molecule has 49 heavy (non-hydrogen) atoms. The zero-order chi connectivity index (χ0) is 34.7. The highest BCUT2D eigenvalue weighted by molar-refractivity contribution is 6.27. The Balaban J connectivity index is 1.02. The topological polar surface area (TPSA) is 167 Å². The molecular formula is C38H43N7O4. The molecule has 6 N–H and O–H groups in total. The van der Waals surface area contributed by atoms with Crippen molar-refractivity contribution in [3.8, 4) is 5.75 Å². The minimum Gasteiger partial charge on any atom is -0.507 e. The van der Waals surface area contributed by atoms with Crippen LogP contribution in [0.1, 0.15) is 64.2 Å². The van der Waals surface area contributed by atoms with Gasteiger partial charge >= 0.3 is 0 Å². The Hall–Kier alpha value is -5.29. The summed E-state index contributed by atoms with van der Waals surface area (Å²) >= 11 is 0. The number of aromatic hydroxyl groups is 1. The van der Waals surface area contributed by atoms with Gasteiger partial charge in [0, 0.05) is 61.5 Å². The van der Waals surface area contributed by atoms with E-state index >= 15 is 0 Å². The highest BCUT2D eigenvalue weighted by Gasteiger charge is 2.38. The molecule has 3 aliphatic rings. The first kappa shape index (κ1) is 33.6. The molecule has 1 atom stereocenters. The van der Waals surface area contributed by atoms with E-state index in [1.54, 1.807) is 30.1 Å². The second-order valence-electron chi connectivity index (χ2n) is 13.0. The highest BCUT2D eigenvalue weighted by atomic mass is 16.3. The average molecular weight is 662 g/mol. The van der Waals surface area contributed by atoms with E-state index in [0.29, 0.717) is 41.6 Å². The van der Waals surface area contributed by atoms with Crippen LogP contribution in [0.3, 0.4) is 0 Å². The maximum absolute atomic E-state index is 13.2. The van der Waals surface area contributed by atoms with Crippen LogP contribution in [0.5, 0.6) is 5.75 Å². The first-order chi connectivity index (χ1) is 23.7. The summed E-state index contributed by atoms with van der Waals surface area (Å²) in [5.74, 6) is -0.105. The molecule has 3 aliphatic heterocycles. The number of benzene rings is 3. The van der Waals surface area contributed by atoms with Gasteiger partial charge in [0.2, 0.25) is 5.91 Å². The minimum absolute atomic E-state index is 0.0119. The molecule has 2 saturated heterocycles. The molecule has 1 unspecified atom stereocenters. The van der Waals surface area contributed by atoms with Crippen LogP contribution in [0.15, 0.2) is 72.8 Å². The summed E-state index contributed by atoms with van der Waals surface area (Å²) in [6.07, 6.45) is 4.94. The van der Waals surface area contributed by atoms with Crippen molar-refractivity contribution in [2.75, 3.05) is 38.1 Å². The fourth-order valence-corrected chi connectivity index (χ4v) is 7.27. The molecule has 0 bridgehead atoms. The van der Waals surface area contributed by atoms with Crippen molar-refractivity contribution < 1.29 is 19.5 Å². The highest BCUT2D eigenvalue weighted by Crippen LogP contribution is 2.35. The van der Waals surface area contributed by atoms with Crippen LogP contribution in [-0.4, -0.2) is 89.9 Å². The number of phenols is 1. The first-order valence-electron chi connectivity index (χ1n) is 16.8. The van der Waals surface area contributed by atoms with Crippen LogP contribution in [0.25, 0.3) is 5.57 Å². The Morgan fingerprint density at radius 1 is 1.06 bits per heavy atom. The molecule has 0 radical (unpaired) electrons. The summed E-state index contributed by atoms with van der Waals surface area (Å²) in [6.45, 7) is 4.23. The summed E-state index contributed by atoms with van der Waals surface area (Å²) in [7, 11) is 1.55. The van der Waals surface area contributed by atoms with Crippen molar-refractivity contribution in [3.05, 3.63) is 101 Å². The molecule has 3 heterocycles. The second-order valence-corrected chi connectivity index (χ2v) is 13.0. The summed E-state index contributed by atoms with van der Waals surface area (Å²) in [6, 6.07) is 20.5. The third-order valence-corrected chi connectivity index (χ3v) is 10.1. The lowest BCUT2D eigenvalue weighted by Crippen LogP contribution is -2.60. The molecule has 3 aromatic carbocycles. The molecule has 11 heteroatoms. The zero-order valence-corrected chi connectivity index (χ0v) is 27.7. The number of amidine groups is 1. The fourth-order valence-electron chi connectivity index (χ4n) is 7.27. The van der Waals surface area contributed by atoms with Gasteiger partial charge in [0.05, 0.1) is 5.71 Å². The van der Waals surface area contributed by atoms with Crippen molar-refractivity contribution in [1.29, 1.82) is 10.8 Å². The number of hydrogen-bond donors (Lipinski definition) is 5. The predicted octanol–water partition coefficient (Wildman–Crippen LogP) is 3.90. The van der Waals surface area contributed by atoms with Gasteiger partial charge in [-0.15, -0.1) is 0 Å². The van der Waals surface area contributed by atoms with Crippen LogP contribution in [-0.2, 0) is 16.1 Å². The molecule has 0 aromatic heterocycles. The average Bonchev–Trinajstić information content (AvgIpc) is 3.41. The quantitative estimate of drug-likeness (QED) is 0.112. The Bertz CT molecular complexity index is 1790. The molecule has 3 aromatic rings. The second kappa shape index (κ2) is 14.4. The summed E-state index contributed by atoms with van der Waals surface area (Å²) in [4.78, 5) is 43.1. The van der Waals surface area contributed by atoms with Gasteiger partial charge in [0.15, 0.2) is 0 Å². The Morgan fingerprint density at radius 2 is 1.78 bits per heavy atom. The van der Waals surface area contributed by atoms with Crippen molar-refractivity contribution in [2.24, 2.45) is 5.73 Å². The maximum Gasteiger partial charge on any atom is 0.255 e. The number of allylic oxidation sites excluding steroid dienone is 1. The van der Waals surface area contributed by atoms with E-state index in [0.717, 1.165) is 62.1 Å². The molecule has 254 valence electrons. The van der Waals surface area contributed by atoms with Gasteiger partial charge in [-0.05, 0) is 91.4 Å². The number of hydrogen-bond acceptors (Lipinski definition) is 8. The Kier molecular flexibility index (Phi) is 9.91. The van der Waals surface area contributed by atoms with Crippen LogP contribution in [0.4, 0.5) is 5.69 Å². The smallest absolute Gasteiger partial charge is 0.255 e. The van der Waals surface area contributed by atoms with Gasteiger partial charge in [0.25, 0.3) is 5.91 Å². The Morgan fingerprint density at radius 3 is 2.43 bits per heavy atom. The molecule has 6 rings (SSSR count). The number of anilines is 1. The van der Waals surface area contributed by atoms with Crippen molar-refractivity contribution in [2.45, 2.75) is 50.2 Å². The number of para-hydroxylation sites is 1. The number of aldehydes is 1. The van der Waals surface area contributed by atoms with Gasteiger partial charge < -0.3 is 36.2 Å². The van der Waals surface area contributed by atoms with Crippen LogP contribution in [0.2, 0.25) is 0 Å². The van der Waals surface area contributed by atoms with Gasteiger partial charge in [0.1, 0.15) is 23.9 Å². The number of piperidine rings is 1. The fraction of sp³-hybridized carbons (Fsp3) is 0.342. The van der Waals surface area contributed by atoms with Crippen molar-refractivity contribution in [1.82, 2.24) is 15.1 Å². The lowest BCUT2D eigenvalue weighted by molar-refractivity contribution is -0.125. The van der Waals surface area contributed by atoms with Gasteiger partial charge in [-0.2, -0.15) is 0 Å². The zero-order valence-electron chi connectivity index (χ0n) is 27.7. The largest absolute Gasteiger partial charge is 0.507 e. The molecule has 0 spiro atoms. The molecular weight excluding hydrogens is 618 g/mol. The SMILES string of the molecule is CNC(=O)C(CCC=O)N1Cc2cc(N3CC(N4CCC(c5ccc(/C(=C/C(=N)c6ccccc6O)C(=N)N)cc5)CC4)C3)ccc2C1=O. The number of likely N-dealkylation sites (tertiary alicyclic amines) is 1. The number of nitrogens with one attached hydrogen (secondary N) is 3. The van der Waals surface area contributed by atoms with Crippen molar-refractivity contribution in [3.63, 3.8) is 0 Å². The number of likely N-dealkylation sites (N-methyl/N-ethyl adjacent to an activating group) is 1. The lowest BCUT2D eigenvalue weighted by Gasteiger charge is -2.48. The molecule has 0 aliphatic carbocycles. The molecule has 11 nitrogen and oxygen atoms in total.